The number of hydrogen-bond acceptors (Lipinski definition) is 3. The number of nitrogens with zero attached hydrogens (tertiary/aromatic N) is 1. The summed E-state index contributed by atoms with van der Waals surface area (Å²) in [4.78, 5) is 2.59. The molecule has 1 aliphatic carbocycles. The van der Waals surface area contributed by atoms with Gasteiger partial charge >= 0.3 is 0 Å². The molecule has 0 saturated heterocycles. The van der Waals surface area contributed by atoms with Crippen molar-refractivity contribution in [2.45, 2.75) is 38.6 Å². The first-order valence-corrected chi connectivity index (χ1v) is 6.76. The Kier molecular flexibility index (Phi) is 6.69. The van der Waals surface area contributed by atoms with Gasteiger partial charge in [0.05, 0.1) is 6.61 Å². The van der Waals surface area contributed by atoms with E-state index in [4.69, 9.17) is 4.74 Å². The molecule has 0 radical (unpaired) electrons. The van der Waals surface area contributed by atoms with E-state index in [-0.39, 0.29) is 0 Å². The standard InChI is InChI=1S/C12H25NOS/c1-11(12-5-6-12)13(8-9-14-2)7-3-4-10-15/h11-12,15H,3-10H2,1-2H3. The van der Waals surface area contributed by atoms with Crippen molar-refractivity contribution in [3.05, 3.63) is 0 Å². The van der Waals surface area contributed by atoms with Crippen molar-refractivity contribution in [3.63, 3.8) is 0 Å². The van der Waals surface area contributed by atoms with Crippen molar-refractivity contribution in [3.8, 4) is 0 Å². The Hall–Kier alpha value is 0.270. The van der Waals surface area contributed by atoms with Gasteiger partial charge in [0, 0.05) is 19.7 Å². The summed E-state index contributed by atoms with van der Waals surface area (Å²) in [5.74, 6) is 1.97. The molecule has 1 saturated carbocycles. The fourth-order valence-electron chi connectivity index (χ4n) is 2.03. The molecule has 0 aliphatic heterocycles. The van der Waals surface area contributed by atoms with Crippen LogP contribution < -0.4 is 0 Å². The first-order chi connectivity index (χ1) is 7.29. The van der Waals surface area contributed by atoms with Crippen molar-refractivity contribution < 1.29 is 4.74 Å². The fraction of sp³-hybridized carbons (Fsp3) is 1.00. The minimum Gasteiger partial charge on any atom is -0.383 e. The SMILES string of the molecule is COCCN(CCCCS)C(C)C1CC1. The molecule has 0 aromatic carbocycles. The maximum Gasteiger partial charge on any atom is 0.0589 e. The lowest BCUT2D eigenvalue weighted by atomic mass is 10.1. The average molecular weight is 231 g/mol. The molecule has 1 rings (SSSR count). The van der Waals surface area contributed by atoms with Crippen LogP contribution in [0.1, 0.15) is 32.6 Å². The summed E-state index contributed by atoms with van der Waals surface area (Å²) in [6.45, 7) is 5.52. The Bertz CT molecular complexity index is 162. The summed E-state index contributed by atoms with van der Waals surface area (Å²) in [6, 6.07) is 0.750. The highest BCUT2D eigenvalue weighted by Gasteiger charge is 2.31. The van der Waals surface area contributed by atoms with Crippen LogP contribution in [0, 0.1) is 5.92 Å². The zero-order valence-corrected chi connectivity index (χ0v) is 11.0. The minimum absolute atomic E-state index is 0.750. The summed E-state index contributed by atoms with van der Waals surface area (Å²) in [6.07, 6.45) is 5.35. The van der Waals surface area contributed by atoms with Crippen LogP contribution in [-0.2, 0) is 4.74 Å². The molecule has 0 bridgehead atoms. The van der Waals surface area contributed by atoms with Crippen LogP contribution >= 0.6 is 12.6 Å². The predicted molar refractivity (Wildman–Crippen MR) is 68.7 cm³/mol. The van der Waals surface area contributed by atoms with Crippen LogP contribution in [-0.4, -0.2) is 43.5 Å². The van der Waals surface area contributed by atoms with E-state index in [1.807, 2.05) is 0 Å². The Morgan fingerprint density at radius 1 is 1.33 bits per heavy atom. The molecule has 1 atom stereocenters. The Labute approximate surface area is 99.8 Å². The van der Waals surface area contributed by atoms with Gasteiger partial charge in [-0.3, -0.25) is 4.90 Å². The molecular weight excluding hydrogens is 206 g/mol. The number of thiol groups is 1. The van der Waals surface area contributed by atoms with E-state index >= 15 is 0 Å². The van der Waals surface area contributed by atoms with Crippen LogP contribution in [0.2, 0.25) is 0 Å². The van der Waals surface area contributed by atoms with E-state index < -0.39 is 0 Å². The molecule has 15 heavy (non-hydrogen) atoms. The van der Waals surface area contributed by atoms with E-state index in [0.29, 0.717) is 0 Å². The maximum atomic E-state index is 5.17. The fourth-order valence-corrected chi connectivity index (χ4v) is 2.25. The molecule has 3 heteroatoms. The van der Waals surface area contributed by atoms with Crippen molar-refractivity contribution in [1.29, 1.82) is 0 Å². The van der Waals surface area contributed by atoms with Crippen molar-refractivity contribution in [2.24, 2.45) is 5.92 Å². The third-order valence-corrected chi connectivity index (χ3v) is 3.63. The van der Waals surface area contributed by atoms with Gasteiger partial charge in [-0.1, -0.05) is 0 Å². The Morgan fingerprint density at radius 2 is 2.07 bits per heavy atom. The molecule has 0 N–H and O–H groups in total. The molecule has 1 unspecified atom stereocenters. The zero-order chi connectivity index (χ0) is 11.1. The highest BCUT2D eigenvalue weighted by Crippen LogP contribution is 2.35. The lowest BCUT2D eigenvalue weighted by Gasteiger charge is -2.28. The highest BCUT2D eigenvalue weighted by molar-refractivity contribution is 7.80. The average Bonchev–Trinajstić information content (AvgIpc) is 3.06. The molecule has 0 spiro atoms. The van der Waals surface area contributed by atoms with Gasteiger partial charge in [-0.25, -0.2) is 0 Å². The first-order valence-electron chi connectivity index (χ1n) is 6.13. The molecule has 90 valence electrons. The van der Waals surface area contributed by atoms with Gasteiger partial charge < -0.3 is 4.74 Å². The van der Waals surface area contributed by atoms with Gasteiger partial charge in [-0.2, -0.15) is 12.6 Å². The van der Waals surface area contributed by atoms with E-state index in [0.717, 1.165) is 30.9 Å². The summed E-state index contributed by atoms with van der Waals surface area (Å²) >= 11 is 4.26. The zero-order valence-electron chi connectivity index (χ0n) is 10.1. The van der Waals surface area contributed by atoms with Crippen molar-refractivity contribution in [2.75, 3.05) is 32.6 Å². The summed E-state index contributed by atoms with van der Waals surface area (Å²) in [5.41, 5.74) is 0. The molecule has 1 aliphatic rings. The largest absolute Gasteiger partial charge is 0.383 e. The van der Waals surface area contributed by atoms with E-state index in [1.165, 1.54) is 32.2 Å². The second-order valence-corrected chi connectivity index (χ2v) is 4.98. The summed E-state index contributed by atoms with van der Waals surface area (Å²) < 4.78 is 5.17. The van der Waals surface area contributed by atoms with E-state index in [9.17, 15) is 0 Å². The molecule has 0 aromatic heterocycles. The molecular formula is C12H25NOS. The predicted octanol–water partition coefficient (Wildman–Crippen LogP) is 2.44. The number of unbranched alkanes of at least 4 members (excludes halogenated alkanes) is 1. The summed E-state index contributed by atoms with van der Waals surface area (Å²) in [7, 11) is 1.79. The first kappa shape index (κ1) is 13.3. The maximum absolute atomic E-state index is 5.17. The third-order valence-electron chi connectivity index (χ3n) is 3.32. The second kappa shape index (κ2) is 7.53. The molecule has 0 heterocycles. The van der Waals surface area contributed by atoms with E-state index in [1.54, 1.807) is 7.11 Å². The van der Waals surface area contributed by atoms with Gasteiger partial charge in [-0.05, 0) is 50.8 Å². The lowest BCUT2D eigenvalue weighted by molar-refractivity contribution is 0.116. The second-order valence-electron chi connectivity index (χ2n) is 4.54. The van der Waals surface area contributed by atoms with Crippen LogP contribution in [0.3, 0.4) is 0 Å². The molecule has 2 nitrogen and oxygen atoms in total. The van der Waals surface area contributed by atoms with E-state index in [2.05, 4.69) is 24.5 Å². The highest BCUT2D eigenvalue weighted by atomic mass is 32.1. The Balaban J connectivity index is 2.23. The van der Waals surface area contributed by atoms with Gasteiger partial charge in [0.25, 0.3) is 0 Å². The molecule has 0 aromatic rings. The monoisotopic (exact) mass is 231 g/mol. The lowest BCUT2D eigenvalue weighted by Crippen LogP contribution is -2.37. The smallest absolute Gasteiger partial charge is 0.0589 e. The molecule has 1 fully saturated rings. The number of rotatable bonds is 9. The topological polar surface area (TPSA) is 12.5 Å². The van der Waals surface area contributed by atoms with Gasteiger partial charge in [0.15, 0.2) is 0 Å². The number of hydrogen-bond donors (Lipinski definition) is 1. The van der Waals surface area contributed by atoms with Crippen LogP contribution in [0.4, 0.5) is 0 Å². The normalized spacial score (nSPS) is 18.4. The number of ether oxygens (including phenoxy) is 1. The quantitative estimate of drug-likeness (QED) is 0.483. The number of methoxy groups -OCH3 is 1. The third kappa shape index (κ3) is 5.23. The van der Waals surface area contributed by atoms with Crippen molar-refractivity contribution >= 4 is 12.6 Å². The minimum atomic E-state index is 0.750. The van der Waals surface area contributed by atoms with Crippen LogP contribution in [0.15, 0.2) is 0 Å². The van der Waals surface area contributed by atoms with Crippen LogP contribution in [0.5, 0.6) is 0 Å². The van der Waals surface area contributed by atoms with Gasteiger partial charge in [0.2, 0.25) is 0 Å². The van der Waals surface area contributed by atoms with Gasteiger partial charge in [0.1, 0.15) is 0 Å². The Morgan fingerprint density at radius 3 is 2.60 bits per heavy atom. The van der Waals surface area contributed by atoms with Crippen molar-refractivity contribution in [1.82, 2.24) is 4.90 Å². The van der Waals surface area contributed by atoms with Gasteiger partial charge in [-0.15, -0.1) is 0 Å². The van der Waals surface area contributed by atoms with Crippen LogP contribution in [0.25, 0.3) is 0 Å². The summed E-state index contributed by atoms with van der Waals surface area (Å²) in [5, 5.41) is 0. The molecule has 0 amide bonds.